The van der Waals surface area contributed by atoms with Gasteiger partial charge in [-0.15, -0.1) is 10.2 Å². The van der Waals surface area contributed by atoms with E-state index in [0.717, 1.165) is 5.56 Å². The van der Waals surface area contributed by atoms with Crippen molar-refractivity contribution >= 4 is 21.4 Å². The fourth-order valence-corrected chi connectivity index (χ4v) is 4.49. The molecule has 0 atom stereocenters. The molecule has 0 saturated carbocycles. The van der Waals surface area contributed by atoms with E-state index in [0.29, 0.717) is 23.0 Å². The summed E-state index contributed by atoms with van der Waals surface area (Å²) in [4.78, 5) is 0.153. The van der Waals surface area contributed by atoms with Crippen LogP contribution < -0.4 is 4.74 Å². The van der Waals surface area contributed by atoms with Crippen molar-refractivity contribution in [3.8, 4) is 17.6 Å². The van der Waals surface area contributed by atoms with E-state index >= 15 is 0 Å². The molecule has 1 N–H and O–H groups in total. The van der Waals surface area contributed by atoms with Crippen molar-refractivity contribution < 1.29 is 13.2 Å². The van der Waals surface area contributed by atoms with Gasteiger partial charge < -0.3 is 4.74 Å². The molecule has 0 aliphatic rings. The number of hydrogen-bond donors (Lipinski definition) is 1. The highest BCUT2D eigenvalue weighted by atomic mass is 35.5. The molecular formula is C21H14ClN5O3S. The van der Waals surface area contributed by atoms with Crippen LogP contribution in [0.15, 0.2) is 76.5 Å². The first kappa shape index (κ1) is 20.5. The molecule has 4 rings (SSSR count). The zero-order valence-electron chi connectivity index (χ0n) is 15.9. The topological polar surface area (TPSA) is 122 Å². The van der Waals surface area contributed by atoms with Crippen molar-refractivity contribution in [1.82, 2.24) is 20.6 Å². The van der Waals surface area contributed by atoms with Crippen molar-refractivity contribution in [2.24, 2.45) is 0 Å². The number of nitriles is 1. The second-order valence-corrected chi connectivity index (χ2v) is 8.87. The number of halogens is 1. The molecule has 10 heteroatoms. The van der Waals surface area contributed by atoms with E-state index in [1.54, 1.807) is 36.4 Å². The third-order valence-corrected chi connectivity index (χ3v) is 6.33. The smallest absolute Gasteiger partial charge is 0.206 e. The monoisotopic (exact) mass is 451 g/mol. The van der Waals surface area contributed by atoms with Crippen LogP contribution in [0.1, 0.15) is 17.0 Å². The zero-order valence-corrected chi connectivity index (χ0v) is 17.4. The molecule has 0 radical (unpaired) electrons. The first-order valence-corrected chi connectivity index (χ1v) is 10.9. The second-order valence-electron chi connectivity index (χ2n) is 6.49. The van der Waals surface area contributed by atoms with E-state index in [1.165, 1.54) is 30.3 Å². The lowest BCUT2D eigenvalue weighted by Gasteiger charge is -2.11. The maximum absolute atomic E-state index is 12.8. The lowest BCUT2D eigenvalue weighted by Crippen LogP contribution is -2.02. The molecule has 4 aromatic rings. The molecule has 1 aromatic heterocycles. The number of nitrogens with zero attached hydrogens (tertiary/aromatic N) is 4. The summed E-state index contributed by atoms with van der Waals surface area (Å²) in [5.74, 6) is 1.09. The maximum atomic E-state index is 12.8. The second kappa shape index (κ2) is 8.55. The highest BCUT2D eigenvalue weighted by Gasteiger charge is 2.19. The van der Waals surface area contributed by atoms with Crippen molar-refractivity contribution in [1.29, 1.82) is 5.26 Å². The number of benzene rings is 3. The molecule has 1 heterocycles. The molecule has 31 heavy (non-hydrogen) atoms. The standard InChI is InChI=1S/C21H14ClN5O3S/c22-16-8-14(10-21-24-26-27-25-21)9-17(12-16)30-20-7-6-19(11-15(20)13-23)31(28,29)18-4-2-1-3-5-18/h1-9,11-12H,10H2,(H,24,25,26,27). The van der Waals surface area contributed by atoms with E-state index in [2.05, 4.69) is 20.6 Å². The number of hydrogen-bond acceptors (Lipinski definition) is 7. The van der Waals surface area contributed by atoms with Crippen molar-refractivity contribution in [2.45, 2.75) is 16.2 Å². The van der Waals surface area contributed by atoms with Crippen LogP contribution in [0.4, 0.5) is 0 Å². The first-order chi connectivity index (χ1) is 15.0. The Hall–Kier alpha value is -3.74. The first-order valence-electron chi connectivity index (χ1n) is 8.99. The minimum Gasteiger partial charge on any atom is -0.456 e. The number of nitrogens with one attached hydrogen (secondary N) is 1. The predicted molar refractivity (Wildman–Crippen MR) is 112 cm³/mol. The summed E-state index contributed by atoms with van der Waals surface area (Å²) in [6.07, 6.45) is 0.382. The van der Waals surface area contributed by atoms with E-state index in [9.17, 15) is 13.7 Å². The van der Waals surface area contributed by atoms with Gasteiger partial charge in [-0.25, -0.2) is 8.42 Å². The average molecular weight is 452 g/mol. The number of sulfone groups is 1. The number of H-pyrrole nitrogens is 1. The van der Waals surface area contributed by atoms with Crippen LogP contribution in [0.3, 0.4) is 0 Å². The Kier molecular flexibility index (Phi) is 5.66. The molecule has 0 aliphatic carbocycles. The van der Waals surface area contributed by atoms with Crippen LogP contribution >= 0.6 is 11.6 Å². The van der Waals surface area contributed by atoms with Gasteiger partial charge in [0.25, 0.3) is 0 Å². The average Bonchev–Trinajstić information content (AvgIpc) is 3.27. The SMILES string of the molecule is N#Cc1cc(S(=O)(=O)c2ccccc2)ccc1Oc1cc(Cl)cc(Cc2nn[nH]n2)c1. The van der Waals surface area contributed by atoms with Gasteiger partial charge in [0, 0.05) is 11.4 Å². The molecule has 0 bridgehead atoms. The van der Waals surface area contributed by atoms with E-state index in [1.807, 2.05) is 6.07 Å². The Labute approximate surface area is 183 Å². The lowest BCUT2D eigenvalue weighted by atomic mass is 10.1. The molecule has 0 aliphatic heterocycles. The third kappa shape index (κ3) is 4.55. The van der Waals surface area contributed by atoms with Gasteiger partial charge >= 0.3 is 0 Å². The summed E-state index contributed by atoms with van der Waals surface area (Å²) in [6.45, 7) is 0. The highest BCUT2D eigenvalue weighted by molar-refractivity contribution is 7.91. The van der Waals surface area contributed by atoms with Gasteiger partial charge in [0.15, 0.2) is 5.82 Å². The summed E-state index contributed by atoms with van der Waals surface area (Å²) in [7, 11) is -3.75. The van der Waals surface area contributed by atoms with Crippen LogP contribution in [0.2, 0.25) is 5.02 Å². The van der Waals surface area contributed by atoms with Gasteiger partial charge in [-0.1, -0.05) is 35.0 Å². The van der Waals surface area contributed by atoms with Crippen LogP contribution in [-0.2, 0) is 16.3 Å². The molecular weight excluding hydrogens is 438 g/mol. The number of ether oxygens (including phenoxy) is 1. The summed E-state index contributed by atoms with van der Waals surface area (Å²) in [5.41, 5.74) is 0.863. The van der Waals surface area contributed by atoms with Gasteiger partial charge in [0.1, 0.15) is 17.6 Å². The minimum atomic E-state index is -3.75. The van der Waals surface area contributed by atoms with Gasteiger partial charge in [0.05, 0.1) is 15.4 Å². The van der Waals surface area contributed by atoms with E-state index in [-0.39, 0.29) is 21.1 Å². The third-order valence-electron chi connectivity index (χ3n) is 4.35. The van der Waals surface area contributed by atoms with Crippen LogP contribution in [0.5, 0.6) is 11.5 Å². The largest absolute Gasteiger partial charge is 0.456 e. The normalized spacial score (nSPS) is 11.1. The molecule has 8 nitrogen and oxygen atoms in total. The number of aromatic nitrogens is 4. The number of tetrazole rings is 1. The van der Waals surface area contributed by atoms with Gasteiger partial charge in [-0.05, 0) is 54.1 Å². The Morgan fingerprint density at radius 2 is 1.84 bits per heavy atom. The fraction of sp³-hybridized carbons (Fsp3) is 0.0476. The summed E-state index contributed by atoms with van der Waals surface area (Å²) in [5, 5.41) is 23.7. The molecule has 0 fully saturated rings. The highest BCUT2D eigenvalue weighted by Crippen LogP contribution is 2.31. The van der Waals surface area contributed by atoms with E-state index < -0.39 is 9.84 Å². The molecule has 154 valence electrons. The Morgan fingerprint density at radius 1 is 1.03 bits per heavy atom. The lowest BCUT2D eigenvalue weighted by molar-refractivity contribution is 0.480. The molecule has 0 amide bonds. The maximum Gasteiger partial charge on any atom is 0.206 e. The van der Waals surface area contributed by atoms with Crippen molar-refractivity contribution in [3.05, 3.63) is 88.7 Å². The minimum absolute atomic E-state index is 0.00601. The number of aromatic amines is 1. The zero-order chi connectivity index (χ0) is 21.8. The summed E-state index contributed by atoms with van der Waals surface area (Å²) >= 11 is 6.19. The Bertz CT molecular complexity index is 1370. The molecule has 3 aromatic carbocycles. The van der Waals surface area contributed by atoms with Gasteiger partial charge in [-0.2, -0.15) is 10.5 Å². The molecule has 0 unspecified atom stereocenters. The van der Waals surface area contributed by atoms with Crippen LogP contribution in [0, 0.1) is 11.3 Å². The number of rotatable bonds is 6. The Morgan fingerprint density at radius 3 is 2.55 bits per heavy atom. The fourth-order valence-electron chi connectivity index (χ4n) is 2.94. The predicted octanol–water partition coefficient (Wildman–Crippen LogP) is 3.94. The molecule has 0 saturated heterocycles. The van der Waals surface area contributed by atoms with E-state index in [4.69, 9.17) is 16.3 Å². The molecule has 0 spiro atoms. The van der Waals surface area contributed by atoms with Crippen LogP contribution in [0.25, 0.3) is 0 Å². The van der Waals surface area contributed by atoms with Crippen molar-refractivity contribution in [3.63, 3.8) is 0 Å². The quantitative estimate of drug-likeness (QED) is 0.471. The van der Waals surface area contributed by atoms with Gasteiger partial charge in [-0.3, -0.25) is 0 Å². The summed E-state index contributed by atoms with van der Waals surface area (Å²) < 4.78 is 31.5. The van der Waals surface area contributed by atoms with Gasteiger partial charge in [0.2, 0.25) is 9.84 Å². The van der Waals surface area contributed by atoms with Crippen molar-refractivity contribution in [2.75, 3.05) is 0 Å². The summed E-state index contributed by atoms with van der Waals surface area (Å²) in [6, 6.07) is 19.2. The van der Waals surface area contributed by atoms with Crippen LogP contribution in [-0.4, -0.2) is 29.0 Å². The Balaban J connectivity index is 1.64.